The highest BCUT2D eigenvalue weighted by Crippen LogP contribution is 2.16. The lowest BCUT2D eigenvalue weighted by atomic mass is 10.1. The van der Waals surface area contributed by atoms with Crippen LogP contribution in [0.5, 0.6) is 0 Å². The molecule has 24 heavy (non-hydrogen) atoms. The van der Waals surface area contributed by atoms with Crippen LogP contribution in [-0.2, 0) is 6.42 Å². The summed E-state index contributed by atoms with van der Waals surface area (Å²) in [6.45, 7) is 2.56. The molecule has 1 aliphatic heterocycles. The van der Waals surface area contributed by atoms with Gasteiger partial charge in [0.1, 0.15) is 11.5 Å². The van der Waals surface area contributed by atoms with E-state index >= 15 is 0 Å². The summed E-state index contributed by atoms with van der Waals surface area (Å²) in [4.78, 5) is 23.0. The molecule has 1 amide bonds. The van der Waals surface area contributed by atoms with Gasteiger partial charge in [-0.2, -0.15) is 0 Å². The molecule has 0 spiro atoms. The molecule has 0 aliphatic carbocycles. The summed E-state index contributed by atoms with van der Waals surface area (Å²) < 4.78 is 0. The maximum Gasteiger partial charge on any atom is 0.271 e. The highest BCUT2D eigenvalue weighted by atomic mass is 35.5. The van der Waals surface area contributed by atoms with Gasteiger partial charge >= 0.3 is 0 Å². The summed E-state index contributed by atoms with van der Waals surface area (Å²) in [5.74, 6) is 0.653. The van der Waals surface area contributed by atoms with Gasteiger partial charge in [0, 0.05) is 24.7 Å². The van der Waals surface area contributed by atoms with Crippen LogP contribution < -0.4 is 10.2 Å². The Balaban J connectivity index is 1.51. The van der Waals surface area contributed by atoms with Gasteiger partial charge in [0.2, 0.25) is 0 Å². The molecular weight excluding hydrogens is 324 g/mol. The molecule has 1 aromatic heterocycles. The molecule has 5 nitrogen and oxygen atoms in total. The van der Waals surface area contributed by atoms with Gasteiger partial charge in [-0.05, 0) is 43.4 Å². The van der Waals surface area contributed by atoms with Crippen LogP contribution in [-0.4, -0.2) is 35.5 Å². The van der Waals surface area contributed by atoms with Crippen LogP contribution in [0.25, 0.3) is 0 Å². The summed E-state index contributed by atoms with van der Waals surface area (Å²) in [6.07, 6.45) is 7.62. The van der Waals surface area contributed by atoms with Gasteiger partial charge in [-0.25, -0.2) is 9.97 Å². The van der Waals surface area contributed by atoms with E-state index in [1.54, 1.807) is 12.4 Å². The molecule has 0 radical (unpaired) electrons. The molecule has 1 N–H and O–H groups in total. The van der Waals surface area contributed by atoms with Crippen molar-refractivity contribution in [2.24, 2.45) is 0 Å². The van der Waals surface area contributed by atoms with Gasteiger partial charge in [0.25, 0.3) is 5.91 Å². The van der Waals surface area contributed by atoms with E-state index in [-0.39, 0.29) is 5.91 Å². The van der Waals surface area contributed by atoms with Gasteiger partial charge < -0.3 is 10.2 Å². The zero-order valence-corrected chi connectivity index (χ0v) is 14.3. The van der Waals surface area contributed by atoms with Crippen LogP contribution in [0.15, 0.2) is 36.7 Å². The number of benzene rings is 1. The van der Waals surface area contributed by atoms with Gasteiger partial charge in [-0.3, -0.25) is 4.79 Å². The van der Waals surface area contributed by atoms with Gasteiger partial charge in [-0.1, -0.05) is 23.7 Å². The average molecular weight is 345 g/mol. The Morgan fingerprint density at radius 1 is 1.17 bits per heavy atom. The lowest BCUT2D eigenvalue weighted by molar-refractivity contribution is 0.0949. The number of anilines is 1. The number of rotatable bonds is 5. The molecular formula is C18H21ClN4O. The predicted octanol–water partition coefficient (Wildman–Crippen LogP) is 3.09. The van der Waals surface area contributed by atoms with Crippen molar-refractivity contribution in [2.75, 3.05) is 24.5 Å². The number of nitrogens with zero attached hydrogens (tertiary/aromatic N) is 3. The van der Waals surface area contributed by atoms with Crippen LogP contribution in [0, 0.1) is 0 Å². The minimum Gasteiger partial charge on any atom is -0.355 e. The third-order valence-electron chi connectivity index (χ3n) is 4.14. The van der Waals surface area contributed by atoms with Crippen LogP contribution in [0.3, 0.4) is 0 Å². The maximum absolute atomic E-state index is 12.1. The van der Waals surface area contributed by atoms with Crippen LogP contribution in [0.1, 0.15) is 35.3 Å². The Labute approximate surface area is 147 Å². The fourth-order valence-corrected chi connectivity index (χ4v) is 3.04. The minimum absolute atomic E-state index is 0.199. The topological polar surface area (TPSA) is 58.1 Å². The van der Waals surface area contributed by atoms with E-state index < -0.39 is 0 Å². The van der Waals surface area contributed by atoms with Gasteiger partial charge in [-0.15, -0.1) is 0 Å². The zero-order valence-electron chi connectivity index (χ0n) is 13.5. The summed E-state index contributed by atoms with van der Waals surface area (Å²) in [7, 11) is 0. The van der Waals surface area contributed by atoms with Gasteiger partial charge in [0.05, 0.1) is 12.4 Å². The summed E-state index contributed by atoms with van der Waals surface area (Å²) in [6, 6.07) is 7.64. The van der Waals surface area contributed by atoms with Crippen LogP contribution >= 0.6 is 11.6 Å². The number of hydrogen-bond acceptors (Lipinski definition) is 4. The third-order valence-corrected chi connectivity index (χ3v) is 4.37. The van der Waals surface area contributed by atoms with E-state index in [9.17, 15) is 4.79 Å². The molecule has 1 aromatic carbocycles. The molecule has 1 fully saturated rings. The van der Waals surface area contributed by atoms with Crippen molar-refractivity contribution in [1.82, 2.24) is 15.3 Å². The predicted molar refractivity (Wildman–Crippen MR) is 95.6 cm³/mol. The molecule has 2 heterocycles. The Kier molecular flexibility index (Phi) is 5.64. The van der Waals surface area contributed by atoms with E-state index in [4.69, 9.17) is 11.6 Å². The normalized spacial score (nSPS) is 14.5. The largest absolute Gasteiger partial charge is 0.355 e. The minimum atomic E-state index is -0.199. The smallest absolute Gasteiger partial charge is 0.271 e. The zero-order chi connectivity index (χ0) is 16.8. The molecule has 1 aliphatic rings. The van der Waals surface area contributed by atoms with Crippen molar-refractivity contribution >= 4 is 23.3 Å². The maximum atomic E-state index is 12.1. The number of piperidine rings is 1. The van der Waals surface area contributed by atoms with E-state index in [0.29, 0.717) is 17.3 Å². The fourth-order valence-electron chi connectivity index (χ4n) is 2.83. The Hall–Kier alpha value is -2.14. The number of hydrogen-bond donors (Lipinski definition) is 1. The molecule has 0 atom stereocenters. The van der Waals surface area contributed by atoms with Crippen molar-refractivity contribution < 1.29 is 4.79 Å². The molecule has 126 valence electrons. The number of amides is 1. The van der Waals surface area contributed by atoms with E-state index in [1.807, 2.05) is 24.3 Å². The number of carbonyl (C=O) groups is 1. The quantitative estimate of drug-likeness (QED) is 0.905. The lowest BCUT2D eigenvalue weighted by Gasteiger charge is -2.27. The highest BCUT2D eigenvalue weighted by Gasteiger charge is 2.14. The van der Waals surface area contributed by atoms with Crippen molar-refractivity contribution in [3.8, 4) is 0 Å². The Morgan fingerprint density at radius 3 is 2.71 bits per heavy atom. The summed E-state index contributed by atoms with van der Waals surface area (Å²) in [5.41, 5.74) is 1.44. The van der Waals surface area contributed by atoms with E-state index in [1.165, 1.54) is 19.3 Å². The Bertz CT molecular complexity index is 684. The standard InChI is InChI=1S/C18H21ClN4O/c19-15-6-4-5-14(11-15)7-8-20-18(24)16-12-22-17(13-21-16)23-9-2-1-3-10-23/h4-6,11-13H,1-3,7-10H2,(H,20,24). The molecule has 2 aromatic rings. The SMILES string of the molecule is O=C(NCCc1cccc(Cl)c1)c1cnc(N2CCCCC2)cn1. The second kappa shape index (κ2) is 8.11. The number of aromatic nitrogens is 2. The van der Waals surface area contributed by atoms with Crippen molar-refractivity contribution in [3.63, 3.8) is 0 Å². The molecule has 0 unspecified atom stereocenters. The molecule has 3 rings (SSSR count). The van der Waals surface area contributed by atoms with Gasteiger partial charge in [0.15, 0.2) is 0 Å². The van der Waals surface area contributed by atoms with Crippen molar-refractivity contribution in [1.29, 1.82) is 0 Å². The first-order valence-electron chi connectivity index (χ1n) is 8.32. The monoisotopic (exact) mass is 344 g/mol. The van der Waals surface area contributed by atoms with Crippen molar-refractivity contribution in [3.05, 3.63) is 52.9 Å². The lowest BCUT2D eigenvalue weighted by Crippen LogP contribution is -2.31. The first-order valence-corrected chi connectivity index (χ1v) is 8.70. The van der Waals surface area contributed by atoms with E-state index in [2.05, 4.69) is 20.2 Å². The number of nitrogens with one attached hydrogen (secondary N) is 1. The van der Waals surface area contributed by atoms with Crippen molar-refractivity contribution in [2.45, 2.75) is 25.7 Å². The molecule has 0 bridgehead atoms. The first-order chi connectivity index (χ1) is 11.7. The molecule has 0 saturated carbocycles. The fraction of sp³-hybridized carbons (Fsp3) is 0.389. The van der Waals surface area contributed by atoms with Crippen LogP contribution in [0.2, 0.25) is 5.02 Å². The molecule has 1 saturated heterocycles. The summed E-state index contributed by atoms with van der Waals surface area (Å²) >= 11 is 5.95. The average Bonchev–Trinajstić information content (AvgIpc) is 2.63. The second-order valence-corrected chi connectivity index (χ2v) is 6.38. The summed E-state index contributed by atoms with van der Waals surface area (Å²) in [5, 5.41) is 3.57. The highest BCUT2D eigenvalue weighted by molar-refractivity contribution is 6.30. The number of halogens is 1. The molecule has 6 heteroatoms. The second-order valence-electron chi connectivity index (χ2n) is 5.94. The number of carbonyl (C=O) groups excluding carboxylic acids is 1. The third kappa shape index (κ3) is 4.45. The van der Waals surface area contributed by atoms with E-state index in [0.717, 1.165) is 30.9 Å². The van der Waals surface area contributed by atoms with Crippen LogP contribution in [0.4, 0.5) is 5.82 Å². The Morgan fingerprint density at radius 2 is 2.00 bits per heavy atom. The first kappa shape index (κ1) is 16.7.